The molecule has 0 aliphatic rings. The third-order valence-electron chi connectivity index (χ3n) is 2.61. The maximum absolute atomic E-state index is 5.91. The highest BCUT2D eigenvalue weighted by molar-refractivity contribution is 9.10. The van der Waals surface area contributed by atoms with Crippen molar-refractivity contribution < 1.29 is 4.52 Å². The summed E-state index contributed by atoms with van der Waals surface area (Å²) in [5, 5.41) is 8.13. The zero-order valence-electron chi connectivity index (χ0n) is 10.0. The number of benzene rings is 1. The third-order valence-corrected chi connectivity index (χ3v) is 3.11. The second-order valence-corrected chi connectivity index (χ2v) is 4.95. The maximum atomic E-state index is 5.91. The second kappa shape index (κ2) is 4.51. The Kier molecular flexibility index (Phi) is 2.83. The molecule has 2 N–H and O–H groups in total. The smallest absolute Gasteiger partial charge is 0.260 e. The van der Waals surface area contributed by atoms with Gasteiger partial charge in [-0.2, -0.15) is 10.1 Å². The summed E-state index contributed by atoms with van der Waals surface area (Å²) in [5.41, 5.74) is 7.84. The summed E-state index contributed by atoms with van der Waals surface area (Å²) in [6, 6.07) is 7.29. The number of aromatic nitrogens is 4. The summed E-state index contributed by atoms with van der Waals surface area (Å²) in [5.74, 6) is 0.814. The van der Waals surface area contributed by atoms with Crippen LogP contribution in [0.15, 0.2) is 39.5 Å². The molecule has 96 valence electrons. The van der Waals surface area contributed by atoms with E-state index in [1.165, 1.54) is 0 Å². The van der Waals surface area contributed by atoms with Crippen molar-refractivity contribution in [1.29, 1.82) is 0 Å². The molecule has 1 aromatic carbocycles. The van der Waals surface area contributed by atoms with Crippen LogP contribution >= 0.6 is 15.9 Å². The molecule has 19 heavy (non-hydrogen) atoms. The third kappa shape index (κ3) is 2.24. The molecule has 0 aliphatic carbocycles. The quantitative estimate of drug-likeness (QED) is 0.734. The molecule has 0 radical (unpaired) electrons. The second-order valence-electron chi connectivity index (χ2n) is 4.03. The van der Waals surface area contributed by atoms with Gasteiger partial charge in [-0.3, -0.25) is 4.68 Å². The van der Waals surface area contributed by atoms with Gasteiger partial charge >= 0.3 is 0 Å². The van der Waals surface area contributed by atoms with Gasteiger partial charge in [0.1, 0.15) is 5.69 Å². The average molecular weight is 320 g/mol. The number of rotatable bonds is 2. The van der Waals surface area contributed by atoms with Crippen LogP contribution in [0.5, 0.6) is 0 Å². The number of nitrogen functional groups attached to an aromatic ring is 1. The Hall–Kier alpha value is -2.15. The molecule has 0 spiro atoms. The van der Waals surface area contributed by atoms with E-state index < -0.39 is 0 Å². The van der Waals surface area contributed by atoms with Crippen molar-refractivity contribution >= 4 is 21.6 Å². The van der Waals surface area contributed by atoms with Crippen molar-refractivity contribution in [2.24, 2.45) is 7.05 Å². The lowest BCUT2D eigenvalue weighted by molar-refractivity contribution is 0.432. The minimum atomic E-state index is 0.374. The first kappa shape index (κ1) is 11.9. The molecule has 0 fully saturated rings. The number of aryl methyl sites for hydroxylation is 1. The minimum absolute atomic E-state index is 0.374. The largest absolute Gasteiger partial charge is 0.398 e. The van der Waals surface area contributed by atoms with Gasteiger partial charge in [0.05, 0.1) is 5.56 Å². The first-order chi connectivity index (χ1) is 9.13. The minimum Gasteiger partial charge on any atom is -0.398 e. The molecular formula is C12H10BrN5O. The summed E-state index contributed by atoms with van der Waals surface area (Å²) in [4.78, 5) is 4.31. The Labute approximate surface area is 117 Å². The molecule has 0 aliphatic heterocycles. The van der Waals surface area contributed by atoms with Crippen LogP contribution in [0, 0.1) is 0 Å². The number of nitrogens with two attached hydrogens (primary N) is 1. The lowest BCUT2D eigenvalue weighted by Crippen LogP contribution is -1.91. The van der Waals surface area contributed by atoms with Gasteiger partial charge in [-0.15, -0.1) is 0 Å². The topological polar surface area (TPSA) is 82.8 Å². The van der Waals surface area contributed by atoms with E-state index in [4.69, 9.17) is 10.3 Å². The predicted octanol–water partition coefficient (Wildman–Crippen LogP) is 2.48. The highest BCUT2D eigenvalue weighted by Gasteiger charge is 2.14. The highest BCUT2D eigenvalue weighted by Crippen LogP contribution is 2.28. The molecule has 3 rings (SSSR count). The summed E-state index contributed by atoms with van der Waals surface area (Å²) in [7, 11) is 1.83. The van der Waals surface area contributed by atoms with Gasteiger partial charge in [0.2, 0.25) is 5.82 Å². The summed E-state index contributed by atoms with van der Waals surface area (Å²) >= 11 is 3.39. The molecule has 0 saturated heterocycles. The Bertz CT molecular complexity index is 733. The van der Waals surface area contributed by atoms with Crippen molar-refractivity contribution in [3.05, 3.63) is 34.9 Å². The first-order valence-electron chi connectivity index (χ1n) is 5.52. The SMILES string of the molecule is Cn1ccc(-c2noc(-c3cc(Br)ccc3N)n2)n1. The molecule has 3 aromatic rings. The van der Waals surface area contributed by atoms with Crippen molar-refractivity contribution in [2.45, 2.75) is 0 Å². The predicted molar refractivity (Wildman–Crippen MR) is 74.0 cm³/mol. The van der Waals surface area contributed by atoms with Crippen molar-refractivity contribution in [2.75, 3.05) is 5.73 Å². The van der Waals surface area contributed by atoms with E-state index in [1.807, 2.05) is 31.4 Å². The van der Waals surface area contributed by atoms with Crippen LogP contribution < -0.4 is 5.73 Å². The molecule has 0 atom stereocenters. The average Bonchev–Trinajstić information content (AvgIpc) is 3.00. The lowest BCUT2D eigenvalue weighted by Gasteiger charge is -2.00. The van der Waals surface area contributed by atoms with Crippen LogP contribution in [-0.2, 0) is 7.05 Å². The first-order valence-corrected chi connectivity index (χ1v) is 6.32. The van der Waals surface area contributed by atoms with Crippen LogP contribution in [0.3, 0.4) is 0 Å². The fourth-order valence-electron chi connectivity index (χ4n) is 1.68. The van der Waals surface area contributed by atoms with Gasteiger partial charge < -0.3 is 10.3 Å². The van der Waals surface area contributed by atoms with E-state index in [0.29, 0.717) is 28.7 Å². The van der Waals surface area contributed by atoms with E-state index in [0.717, 1.165) is 4.47 Å². The molecule has 6 nitrogen and oxygen atoms in total. The fraction of sp³-hybridized carbons (Fsp3) is 0.0833. The van der Waals surface area contributed by atoms with Gasteiger partial charge in [0, 0.05) is 23.4 Å². The van der Waals surface area contributed by atoms with Gasteiger partial charge in [-0.05, 0) is 24.3 Å². The van der Waals surface area contributed by atoms with E-state index >= 15 is 0 Å². The molecule has 2 aromatic heterocycles. The van der Waals surface area contributed by atoms with Crippen LogP contribution in [0.25, 0.3) is 23.0 Å². The Morgan fingerprint density at radius 1 is 1.32 bits per heavy atom. The maximum Gasteiger partial charge on any atom is 0.260 e. The number of halogens is 1. The molecule has 0 amide bonds. The molecule has 0 saturated carbocycles. The van der Waals surface area contributed by atoms with E-state index in [9.17, 15) is 0 Å². The van der Waals surface area contributed by atoms with Gasteiger partial charge in [-0.1, -0.05) is 21.1 Å². The molecule has 7 heteroatoms. The van der Waals surface area contributed by atoms with Crippen LogP contribution in [0.2, 0.25) is 0 Å². The Balaban J connectivity index is 2.03. The summed E-state index contributed by atoms with van der Waals surface area (Å²) in [6.45, 7) is 0. The van der Waals surface area contributed by atoms with Crippen LogP contribution in [-0.4, -0.2) is 19.9 Å². The van der Waals surface area contributed by atoms with E-state index in [2.05, 4.69) is 31.2 Å². The standard InChI is InChI=1S/C12H10BrN5O/c1-18-5-4-10(16-18)11-15-12(19-17-11)8-6-7(13)2-3-9(8)14/h2-6H,14H2,1H3. The van der Waals surface area contributed by atoms with Gasteiger partial charge in [-0.25, -0.2) is 0 Å². The Morgan fingerprint density at radius 2 is 2.16 bits per heavy atom. The van der Waals surface area contributed by atoms with Crippen molar-refractivity contribution in [3.63, 3.8) is 0 Å². The monoisotopic (exact) mass is 319 g/mol. The zero-order valence-corrected chi connectivity index (χ0v) is 11.6. The fourth-order valence-corrected chi connectivity index (χ4v) is 2.05. The number of nitrogens with zero attached hydrogens (tertiary/aromatic N) is 4. The number of hydrogen-bond acceptors (Lipinski definition) is 5. The van der Waals surface area contributed by atoms with E-state index in [-0.39, 0.29) is 0 Å². The summed E-state index contributed by atoms with van der Waals surface area (Å²) in [6.07, 6.45) is 1.82. The van der Waals surface area contributed by atoms with E-state index in [1.54, 1.807) is 10.7 Å². The molecule has 0 unspecified atom stereocenters. The van der Waals surface area contributed by atoms with Crippen LogP contribution in [0.4, 0.5) is 5.69 Å². The van der Waals surface area contributed by atoms with Crippen molar-refractivity contribution in [3.8, 4) is 23.0 Å². The van der Waals surface area contributed by atoms with Crippen LogP contribution in [0.1, 0.15) is 0 Å². The Morgan fingerprint density at radius 3 is 2.89 bits per heavy atom. The van der Waals surface area contributed by atoms with Gasteiger partial charge in [0.15, 0.2) is 0 Å². The highest BCUT2D eigenvalue weighted by atomic mass is 79.9. The normalized spacial score (nSPS) is 10.8. The molecular weight excluding hydrogens is 310 g/mol. The molecule has 2 heterocycles. The number of anilines is 1. The summed E-state index contributed by atoms with van der Waals surface area (Å²) < 4.78 is 7.82. The van der Waals surface area contributed by atoms with Crippen molar-refractivity contribution in [1.82, 2.24) is 19.9 Å². The van der Waals surface area contributed by atoms with Gasteiger partial charge in [0.25, 0.3) is 5.89 Å². The zero-order chi connectivity index (χ0) is 13.4. The number of hydrogen-bond donors (Lipinski definition) is 1. The molecule has 0 bridgehead atoms. The lowest BCUT2D eigenvalue weighted by atomic mass is 10.2.